The first-order valence-electron chi connectivity index (χ1n) is 7.02. The van der Waals surface area contributed by atoms with Gasteiger partial charge in [-0.2, -0.15) is 0 Å². The molecule has 0 amide bonds. The van der Waals surface area contributed by atoms with Crippen LogP contribution in [0.5, 0.6) is 0 Å². The summed E-state index contributed by atoms with van der Waals surface area (Å²) >= 11 is 3.47. The highest BCUT2D eigenvalue weighted by Crippen LogP contribution is 2.50. The van der Waals surface area contributed by atoms with Crippen molar-refractivity contribution >= 4 is 15.9 Å². The van der Waals surface area contributed by atoms with Crippen molar-refractivity contribution in [2.24, 2.45) is 16.6 Å². The highest BCUT2D eigenvalue weighted by molar-refractivity contribution is 9.10. The van der Waals surface area contributed by atoms with Crippen molar-refractivity contribution in [2.75, 3.05) is 6.54 Å². The van der Waals surface area contributed by atoms with Gasteiger partial charge in [-0.05, 0) is 48.8 Å². The van der Waals surface area contributed by atoms with Gasteiger partial charge in [-0.15, -0.1) is 0 Å². The number of halogens is 1. The summed E-state index contributed by atoms with van der Waals surface area (Å²) in [6, 6.07) is 7.95. The monoisotopic (exact) mass is 325 g/mol. The van der Waals surface area contributed by atoms with Gasteiger partial charge in [0.15, 0.2) is 0 Å². The molecular weight excluding hydrogens is 302 g/mol. The Balaban J connectivity index is 2.22. The lowest BCUT2D eigenvalue weighted by atomic mass is 9.62. The average molecular weight is 326 g/mol. The van der Waals surface area contributed by atoms with E-state index in [1.165, 1.54) is 0 Å². The van der Waals surface area contributed by atoms with E-state index in [2.05, 4.69) is 29.8 Å². The summed E-state index contributed by atoms with van der Waals surface area (Å²) in [6.45, 7) is 5.16. The first-order chi connectivity index (χ1) is 8.88. The van der Waals surface area contributed by atoms with Gasteiger partial charge in [0.1, 0.15) is 0 Å². The molecule has 2 rings (SSSR count). The van der Waals surface area contributed by atoms with Crippen molar-refractivity contribution in [3.63, 3.8) is 0 Å². The molecule has 2 nitrogen and oxygen atoms in total. The van der Waals surface area contributed by atoms with E-state index in [4.69, 9.17) is 5.73 Å². The molecule has 1 aliphatic rings. The Morgan fingerprint density at radius 1 is 1.26 bits per heavy atom. The predicted molar refractivity (Wildman–Crippen MR) is 82.8 cm³/mol. The molecule has 0 aliphatic heterocycles. The standard InChI is InChI=1S/C16H24BrNO/c1-15(2)6-8-16(11-18,9-7-15)14(19)12-4-3-5-13(17)10-12/h3-5,10,14,19H,6-9,11,18H2,1-2H3. The summed E-state index contributed by atoms with van der Waals surface area (Å²) in [4.78, 5) is 0. The van der Waals surface area contributed by atoms with Crippen LogP contribution in [0.3, 0.4) is 0 Å². The molecule has 1 atom stereocenters. The van der Waals surface area contributed by atoms with Crippen LogP contribution in [-0.2, 0) is 0 Å². The molecule has 1 unspecified atom stereocenters. The van der Waals surface area contributed by atoms with Crippen LogP contribution in [0, 0.1) is 10.8 Å². The van der Waals surface area contributed by atoms with Crippen molar-refractivity contribution in [2.45, 2.75) is 45.6 Å². The molecule has 0 radical (unpaired) electrons. The van der Waals surface area contributed by atoms with Crippen molar-refractivity contribution in [1.82, 2.24) is 0 Å². The quantitative estimate of drug-likeness (QED) is 0.881. The molecular formula is C16H24BrNO. The van der Waals surface area contributed by atoms with Crippen molar-refractivity contribution < 1.29 is 5.11 Å². The van der Waals surface area contributed by atoms with E-state index < -0.39 is 6.10 Å². The first-order valence-corrected chi connectivity index (χ1v) is 7.81. The van der Waals surface area contributed by atoms with Gasteiger partial charge < -0.3 is 10.8 Å². The Hall–Kier alpha value is -0.380. The second-order valence-corrected chi connectivity index (χ2v) is 7.60. The van der Waals surface area contributed by atoms with Crippen LogP contribution in [0.2, 0.25) is 0 Å². The lowest BCUT2D eigenvalue weighted by Gasteiger charge is -2.45. The summed E-state index contributed by atoms with van der Waals surface area (Å²) < 4.78 is 1.01. The van der Waals surface area contributed by atoms with Gasteiger partial charge in [-0.25, -0.2) is 0 Å². The fraction of sp³-hybridized carbons (Fsp3) is 0.625. The van der Waals surface area contributed by atoms with Gasteiger partial charge in [0, 0.05) is 16.4 Å². The average Bonchev–Trinajstić information content (AvgIpc) is 2.39. The second kappa shape index (κ2) is 5.55. The molecule has 1 fully saturated rings. The SMILES string of the molecule is CC1(C)CCC(CN)(C(O)c2cccc(Br)c2)CC1. The zero-order chi connectivity index (χ0) is 14.1. The number of benzene rings is 1. The smallest absolute Gasteiger partial charge is 0.0858 e. The number of hydrogen-bond donors (Lipinski definition) is 2. The molecule has 1 aromatic carbocycles. The minimum Gasteiger partial charge on any atom is -0.388 e. The highest BCUT2D eigenvalue weighted by Gasteiger charge is 2.42. The largest absolute Gasteiger partial charge is 0.388 e. The highest BCUT2D eigenvalue weighted by atomic mass is 79.9. The number of nitrogens with two attached hydrogens (primary N) is 1. The van der Waals surface area contributed by atoms with Crippen LogP contribution in [0.4, 0.5) is 0 Å². The van der Waals surface area contributed by atoms with E-state index in [-0.39, 0.29) is 5.41 Å². The topological polar surface area (TPSA) is 46.2 Å². The number of aliphatic hydroxyl groups excluding tert-OH is 1. The summed E-state index contributed by atoms with van der Waals surface area (Å²) in [5, 5.41) is 10.8. The van der Waals surface area contributed by atoms with Gasteiger partial charge in [-0.1, -0.05) is 41.9 Å². The van der Waals surface area contributed by atoms with Gasteiger partial charge in [0.2, 0.25) is 0 Å². The maximum atomic E-state index is 10.8. The lowest BCUT2D eigenvalue weighted by Crippen LogP contribution is -2.41. The third kappa shape index (κ3) is 3.21. The van der Waals surface area contributed by atoms with E-state index in [1.807, 2.05) is 24.3 Å². The molecule has 1 aromatic rings. The second-order valence-electron chi connectivity index (χ2n) is 6.69. The molecule has 19 heavy (non-hydrogen) atoms. The number of hydrogen-bond acceptors (Lipinski definition) is 2. The predicted octanol–water partition coefficient (Wildman–Crippen LogP) is 4.03. The van der Waals surface area contributed by atoms with Crippen LogP contribution < -0.4 is 5.73 Å². The Morgan fingerprint density at radius 3 is 2.42 bits per heavy atom. The first kappa shape index (κ1) is 15.0. The van der Waals surface area contributed by atoms with Gasteiger partial charge >= 0.3 is 0 Å². The molecule has 3 N–H and O–H groups in total. The molecule has 0 aromatic heterocycles. The molecule has 0 bridgehead atoms. The minimum absolute atomic E-state index is 0.156. The van der Waals surface area contributed by atoms with E-state index in [1.54, 1.807) is 0 Å². The van der Waals surface area contributed by atoms with Gasteiger partial charge in [0.05, 0.1) is 6.10 Å². The third-order valence-corrected chi connectivity index (χ3v) is 5.24. The Morgan fingerprint density at radius 2 is 1.89 bits per heavy atom. The molecule has 106 valence electrons. The molecule has 0 saturated heterocycles. The van der Waals surface area contributed by atoms with Crippen LogP contribution in [-0.4, -0.2) is 11.7 Å². The maximum absolute atomic E-state index is 10.8. The Bertz CT molecular complexity index is 434. The maximum Gasteiger partial charge on any atom is 0.0858 e. The van der Waals surface area contributed by atoms with Gasteiger partial charge in [-0.3, -0.25) is 0 Å². The number of aliphatic hydroxyl groups is 1. The van der Waals surface area contributed by atoms with E-state index >= 15 is 0 Å². The van der Waals surface area contributed by atoms with E-state index in [0.717, 1.165) is 35.7 Å². The van der Waals surface area contributed by atoms with Crippen molar-refractivity contribution in [1.29, 1.82) is 0 Å². The van der Waals surface area contributed by atoms with Crippen LogP contribution >= 0.6 is 15.9 Å². The fourth-order valence-corrected chi connectivity index (χ4v) is 3.46. The van der Waals surface area contributed by atoms with E-state index in [9.17, 15) is 5.11 Å². The lowest BCUT2D eigenvalue weighted by molar-refractivity contribution is -0.0235. The van der Waals surface area contributed by atoms with Crippen molar-refractivity contribution in [3.05, 3.63) is 34.3 Å². The van der Waals surface area contributed by atoms with Crippen LogP contribution in [0.15, 0.2) is 28.7 Å². The summed E-state index contributed by atoms with van der Waals surface area (Å²) in [6.07, 6.45) is 3.81. The van der Waals surface area contributed by atoms with Crippen molar-refractivity contribution in [3.8, 4) is 0 Å². The molecule has 1 aliphatic carbocycles. The van der Waals surface area contributed by atoms with Crippen LogP contribution in [0.1, 0.15) is 51.2 Å². The molecule has 3 heteroatoms. The summed E-state index contributed by atoms with van der Waals surface area (Å²) in [7, 11) is 0. The van der Waals surface area contributed by atoms with E-state index in [0.29, 0.717) is 12.0 Å². The van der Waals surface area contributed by atoms with Crippen LogP contribution in [0.25, 0.3) is 0 Å². The zero-order valence-corrected chi connectivity index (χ0v) is 13.4. The Kier molecular flexibility index (Phi) is 4.38. The zero-order valence-electron chi connectivity index (χ0n) is 11.8. The fourth-order valence-electron chi connectivity index (χ4n) is 3.04. The van der Waals surface area contributed by atoms with Gasteiger partial charge in [0.25, 0.3) is 0 Å². The summed E-state index contributed by atoms with van der Waals surface area (Å²) in [5.41, 5.74) is 7.23. The Labute approximate surface area is 124 Å². The summed E-state index contributed by atoms with van der Waals surface area (Å²) in [5.74, 6) is 0. The normalized spacial score (nSPS) is 23.0. The minimum atomic E-state index is -0.467. The molecule has 0 heterocycles. The molecule has 1 saturated carbocycles. The number of rotatable bonds is 3. The molecule has 0 spiro atoms. The third-order valence-electron chi connectivity index (χ3n) is 4.75.